The van der Waals surface area contributed by atoms with Gasteiger partial charge in [-0.2, -0.15) is 0 Å². The molecule has 1 saturated heterocycles. The van der Waals surface area contributed by atoms with E-state index >= 15 is 0 Å². The van der Waals surface area contributed by atoms with Gasteiger partial charge in [0.15, 0.2) is 12.4 Å². The molecule has 11 heteroatoms. The maximum atomic E-state index is 13.5. The number of unbranched alkanes of at least 4 members (excludes halogenated alkanes) is 48. The van der Waals surface area contributed by atoms with Crippen molar-refractivity contribution in [3.8, 4) is 0 Å². The van der Waals surface area contributed by atoms with Gasteiger partial charge in [-0.25, -0.2) is 0 Å². The lowest BCUT2D eigenvalue weighted by Gasteiger charge is -2.41. The number of aliphatic hydroxyl groups excluding tert-OH is 5. The molecule has 8 atom stereocenters. The summed E-state index contributed by atoms with van der Waals surface area (Å²) in [5, 5.41) is 57.3. The average Bonchev–Trinajstić information content (AvgIpc) is 1.30. The fourth-order valence-corrected chi connectivity index (χ4v) is 12.1. The number of rotatable bonds is 66. The van der Waals surface area contributed by atoms with Crippen molar-refractivity contribution in [1.29, 1.82) is 0 Å². The molecule has 0 aromatic rings. The van der Waals surface area contributed by atoms with E-state index in [1.165, 1.54) is 263 Å². The van der Waals surface area contributed by atoms with Gasteiger partial charge in [0, 0.05) is 6.42 Å². The van der Waals surface area contributed by atoms with Crippen LogP contribution in [-0.4, -0.2) is 99.6 Å². The van der Waals surface area contributed by atoms with E-state index in [1.807, 2.05) is 6.08 Å². The van der Waals surface area contributed by atoms with E-state index in [1.54, 1.807) is 6.08 Å². The Bertz CT molecular complexity index is 1560. The summed E-state index contributed by atoms with van der Waals surface area (Å²) in [4.78, 5) is 26.7. The molecule has 1 fully saturated rings. The van der Waals surface area contributed by atoms with E-state index in [0.29, 0.717) is 19.3 Å². The first-order chi connectivity index (χ1) is 42.7. The Hall–Kier alpha value is -2.12. The summed E-state index contributed by atoms with van der Waals surface area (Å²) in [5.41, 5.74) is 0. The number of carbonyl (C=O) groups is 2. The number of allylic oxidation sites excluding steroid dienone is 5. The van der Waals surface area contributed by atoms with Crippen LogP contribution in [0.15, 0.2) is 36.5 Å². The third-order valence-corrected chi connectivity index (χ3v) is 18.0. The van der Waals surface area contributed by atoms with Gasteiger partial charge in [-0.1, -0.05) is 346 Å². The minimum absolute atomic E-state index is 0.130. The van der Waals surface area contributed by atoms with Crippen LogP contribution in [0.25, 0.3) is 0 Å². The Labute approximate surface area is 536 Å². The van der Waals surface area contributed by atoms with Crippen molar-refractivity contribution in [3.63, 3.8) is 0 Å². The summed E-state index contributed by atoms with van der Waals surface area (Å²) in [6, 6.07) is -1.02. The van der Waals surface area contributed by atoms with Crippen LogP contribution < -0.4 is 5.32 Å². The van der Waals surface area contributed by atoms with Crippen molar-refractivity contribution in [3.05, 3.63) is 36.5 Å². The van der Waals surface area contributed by atoms with Gasteiger partial charge >= 0.3 is 5.97 Å². The van der Waals surface area contributed by atoms with E-state index in [0.717, 1.165) is 64.2 Å². The SMILES string of the molecule is CCCCC/C=C\C/C=C\CCCCCCCCCCCCCCC(O)C(=O)NC(COC1OC(CO)C(O)C(O)C1OC(=O)CCCCCCCCCCCCCCCCCCCCCCCCCCC)C(O)/C=C/CCCCCCCCCCC. The minimum atomic E-state index is -1.61. The van der Waals surface area contributed by atoms with Crippen LogP contribution in [-0.2, 0) is 23.8 Å². The highest BCUT2D eigenvalue weighted by atomic mass is 16.7. The van der Waals surface area contributed by atoms with Crippen molar-refractivity contribution < 1.29 is 49.3 Å². The highest BCUT2D eigenvalue weighted by molar-refractivity contribution is 5.80. The van der Waals surface area contributed by atoms with Gasteiger partial charge in [0.2, 0.25) is 5.91 Å². The normalized spacial score (nSPS) is 18.4. The zero-order chi connectivity index (χ0) is 63.1. The number of ether oxygens (including phenoxy) is 3. The van der Waals surface area contributed by atoms with Gasteiger partial charge in [0.1, 0.15) is 24.4 Å². The lowest BCUT2D eigenvalue weighted by Crippen LogP contribution is -2.61. The molecule has 11 nitrogen and oxygen atoms in total. The monoisotopic (exact) mass is 1230 g/mol. The topological polar surface area (TPSA) is 175 Å². The van der Waals surface area contributed by atoms with Gasteiger partial charge in [-0.05, 0) is 57.8 Å². The number of esters is 1. The van der Waals surface area contributed by atoms with Gasteiger partial charge in [-0.3, -0.25) is 9.59 Å². The number of aliphatic hydroxyl groups is 5. The second-order valence-corrected chi connectivity index (χ2v) is 26.4. The van der Waals surface area contributed by atoms with Gasteiger partial charge < -0.3 is 45.1 Å². The molecule has 1 aliphatic rings. The summed E-state index contributed by atoms with van der Waals surface area (Å²) < 4.78 is 17.7. The van der Waals surface area contributed by atoms with Crippen LogP contribution >= 0.6 is 0 Å². The van der Waals surface area contributed by atoms with Crippen molar-refractivity contribution in [1.82, 2.24) is 5.32 Å². The van der Waals surface area contributed by atoms with Crippen molar-refractivity contribution in [2.75, 3.05) is 13.2 Å². The van der Waals surface area contributed by atoms with Gasteiger partial charge in [0.05, 0.1) is 25.4 Å². The molecule has 1 rings (SSSR count). The van der Waals surface area contributed by atoms with E-state index in [9.17, 15) is 35.1 Å². The second kappa shape index (κ2) is 64.0. The molecule has 0 saturated carbocycles. The zero-order valence-corrected chi connectivity index (χ0v) is 57.2. The van der Waals surface area contributed by atoms with E-state index in [2.05, 4.69) is 50.4 Å². The minimum Gasteiger partial charge on any atom is -0.454 e. The molecule has 0 spiro atoms. The van der Waals surface area contributed by atoms with Crippen molar-refractivity contribution in [2.24, 2.45) is 0 Å². The molecule has 6 N–H and O–H groups in total. The highest BCUT2D eigenvalue weighted by Crippen LogP contribution is 2.27. The molecule has 87 heavy (non-hydrogen) atoms. The summed E-state index contributed by atoms with van der Waals surface area (Å²) >= 11 is 0. The molecule has 0 radical (unpaired) electrons. The van der Waals surface area contributed by atoms with Gasteiger partial charge in [0.25, 0.3) is 0 Å². The lowest BCUT2D eigenvalue weighted by atomic mass is 9.99. The fourth-order valence-electron chi connectivity index (χ4n) is 12.1. The number of hydrogen-bond donors (Lipinski definition) is 6. The molecule has 0 aromatic heterocycles. The molecule has 1 aliphatic heterocycles. The summed E-state index contributed by atoms with van der Waals surface area (Å²) in [7, 11) is 0. The Balaban J connectivity index is 2.50. The van der Waals surface area contributed by atoms with Crippen molar-refractivity contribution in [2.45, 2.75) is 423 Å². The van der Waals surface area contributed by atoms with Crippen LogP contribution in [0.3, 0.4) is 0 Å². The Kier molecular flexibility index (Phi) is 61.0. The fraction of sp³-hybridized carbons (Fsp3) is 0.895. The predicted molar refractivity (Wildman–Crippen MR) is 366 cm³/mol. The van der Waals surface area contributed by atoms with Crippen LogP contribution in [0.4, 0.5) is 0 Å². The smallest absolute Gasteiger partial charge is 0.306 e. The maximum Gasteiger partial charge on any atom is 0.306 e. The summed E-state index contributed by atoms with van der Waals surface area (Å²) in [6.45, 7) is 5.82. The second-order valence-electron chi connectivity index (χ2n) is 26.4. The Morgan fingerprint density at radius 1 is 0.448 bits per heavy atom. The standard InChI is InChI=1S/C76H143NO10/c1-4-7-10-13-16-19-22-24-26-28-30-32-34-35-36-38-40-42-44-46-49-52-55-58-61-64-71(81)87-74-73(83)72(82)70(65-78)86-76(74)85-66-67(68(79)62-59-56-53-50-47-21-18-15-12-9-6-3)77-75(84)69(80)63-60-57-54-51-48-45-43-41-39-37-33-31-29-27-25-23-20-17-14-11-8-5-2/h17,20,25,27,59,62,67-70,72-74,76,78-80,82-83H,4-16,18-19,21-24,26,28-58,60-61,63-66H2,1-3H3,(H,77,84)/b20-17-,27-25-,62-59+. The molecule has 1 heterocycles. The number of nitrogens with one attached hydrogen (secondary N) is 1. The molecular weight excluding hydrogens is 1090 g/mol. The van der Waals surface area contributed by atoms with Crippen LogP contribution in [0, 0.1) is 0 Å². The molecule has 8 unspecified atom stereocenters. The Morgan fingerprint density at radius 2 is 0.793 bits per heavy atom. The number of hydrogen-bond acceptors (Lipinski definition) is 10. The number of amides is 1. The van der Waals surface area contributed by atoms with Crippen LogP contribution in [0.2, 0.25) is 0 Å². The third-order valence-electron chi connectivity index (χ3n) is 18.0. The van der Waals surface area contributed by atoms with Crippen LogP contribution in [0.5, 0.6) is 0 Å². The summed E-state index contributed by atoms with van der Waals surface area (Å²) in [6.07, 6.45) is 69.2. The molecule has 0 bridgehead atoms. The average molecular weight is 1230 g/mol. The zero-order valence-electron chi connectivity index (χ0n) is 57.2. The van der Waals surface area contributed by atoms with Crippen LogP contribution in [0.1, 0.15) is 374 Å². The molecule has 512 valence electrons. The largest absolute Gasteiger partial charge is 0.454 e. The third kappa shape index (κ3) is 51.1. The highest BCUT2D eigenvalue weighted by Gasteiger charge is 2.47. The first-order valence-corrected chi connectivity index (χ1v) is 37.8. The van der Waals surface area contributed by atoms with E-state index < -0.39 is 67.4 Å². The predicted octanol–water partition coefficient (Wildman–Crippen LogP) is 19.7. The quantitative estimate of drug-likeness (QED) is 0.0195. The number of carbonyl (C=O) groups excluding carboxylic acids is 2. The Morgan fingerprint density at radius 3 is 1.20 bits per heavy atom. The van der Waals surface area contributed by atoms with E-state index in [4.69, 9.17) is 14.2 Å². The molecular formula is C76H143NO10. The van der Waals surface area contributed by atoms with Gasteiger partial charge in [-0.15, -0.1) is 0 Å². The molecule has 0 aromatic carbocycles. The molecule has 1 amide bonds. The first kappa shape index (κ1) is 82.9. The first-order valence-electron chi connectivity index (χ1n) is 37.8. The van der Waals surface area contributed by atoms with E-state index in [-0.39, 0.29) is 13.0 Å². The summed E-state index contributed by atoms with van der Waals surface area (Å²) in [5.74, 6) is -1.18. The lowest BCUT2D eigenvalue weighted by molar-refractivity contribution is -0.305. The van der Waals surface area contributed by atoms with Crippen molar-refractivity contribution >= 4 is 11.9 Å². The maximum absolute atomic E-state index is 13.5. The molecule has 0 aliphatic carbocycles.